The van der Waals surface area contributed by atoms with Gasteiger partial charge >= 0.3 is 5.97 Å². The summed E-state index contributed by atoms with van der Waals surface area (Å²) in [5.74, 6) is -0.111. The number of rotatable bonds is 10. The van der Waals surface area contributed by atoms with Gasteiger partial charge in [0.2, 0.25) is 0 Å². The maximum atomic E-state index is 12.7. The van der Waals surface area contributed by atoms with Crippen LogP contribution in [0, 0.1) is 6.92 Å². The number of benzene rings is 2. The molecular weight excluding hydrogens is 430 g/mol. The lowest BCUT2D eigenvalue weighted by atomic mass is 10.1. The van der Waals surface area contributed by atoms with E-state index in [2.05, 4.69) is 31.2 Å². The molecule has 1 N–H and O–H groups in total. The fourth-order valence-corrected chi connectivity index (χ4v) is 4.39. The molecule has 1 saturated heterocycles. The minimum atomic E-state index is -0.792. The van der Waals surface area contributed by atoms with Crippen LogP contribution in [-0.2, 0) is 16.2 Å². The zero-order valence-electron chi connectivity index (χ0n) is 17.4. The van der Waals surface area contributed by atoms with Crippen molar-refractivity contribution in [2.75, 3.05) is 6.54 Å². The predicted octanol–water partition coefficient (Wildman–Crippen LogP) is 5.42. The number of thiocarbonyl (C=S) groups is 1. The van der Waals surface area contributed by atoms with E-state index < -0.39 is 5.97 Å². The van der Waals surface area contributed by atoms with Gasteiger partial charge in [-0.15, -0.1) is 0 Å². The van der Waals surface area contributed by atoms with Gasteiger partial charge in [0.05, 0.1) is 4.91 Å². The zero-order valence-corrected chi connectivity index (χ0v) is 19.0. The van der Waals surface area contributed by atoms with Crippen LogP contribution in [0.4, 0.5) is 0 Å². The highest BCUT2D eigenvalue weighted by atomic mass is 32.2. The molecule has 1 heterocycles. The number of thioether (sulfide) groups is 1. The van der Waals surface area contributed by atoms with Crippen LogP contribution in [0.25, 0.3) is 6.08 Å². The van der Waals surface area contributed by atoms with Gasteiger partial charge in [0, 0.05) is 13.0 Å². The van der Waals surface area contributed by atoms with Crippen LogP contribution in [0.5, 0.6) is 5.75 Å². The Morgan fingerprint density at radius 3 is 2.48 bits per heavy atom. The van der Waals surface area contributed by atoms with Crippen LogP contribution >= 0.6 is 24.0 Å². The first-order chi connectivity index (χ1) is 14.9. The smallest absolute Gasteiger partial charge is 0.303 e. The molecule has 31 heavy (non-hydrogen) atoms. The van der Waals surface area contributed by atoms with Crippen LogP contribution in [0.2, 0.25) is 0 Å². The Morgan fingerprint density at radius 1 is 1.10 bits per heavy atom. The lowest BCUT2D eigenvalue weighted by Gasteiger charge is -2.13. The second-order valence-electron chi connectivity index (χ2n) is 7.38. The lowest BCUT2D eigenvalue weighted by Crippen LogP contribution is -2.29. The van der Waals surface area contributed by atoms with E-state index in [0.29, 0.717) is 28.8 Å². The molecular formula is C24H25NO4S2. The summed E-state index contributed by atoms with van der Waals surface area (Å²) in [6.07, 6.45) is 4.10. The summed E-state index contributed by atoms with van der Waals surface area (Å²) in [6, 6.07) is 15.9. The summed E-state index contributed by atoms with van der Waals surface area (Å²) in [5, 5.41) is 8.69. The van der Waals surface area contributed by atoms with Gasteiger partial charge in [0.15, 0.2) is 0 Å². The summed E-state index contributed by atoms with van der Waals surface area (Å²) in [6.45, 7) is 3.08. The second kappa shape index (κ2) is 11.1. The van der Waals surface area contributed by atoms with Gasteiger partial charge in [0.25, 0.3) is 5.91 Å². The van der Waals surface area contributed by atoms with Crippen molar-refractivity contribution in [3.8, 4) is 5.75 Å². The summed E-state index contributed by atoms with van der Waals surface area (Å²) in [4.78, 5) is 25.4. The normalized spacial score (nSPS) is 15.0. The Hall–Kier alpha value is -2.64. The van der Waals surface area contributed by atoms with Crippen LogP contribution in [0.1, 0.15) is 42.4 Å². The van der Waals surface area contributed by atoms with E-state index in [0.717, 1.165) is 29.7 Å². The van der Waals surface area contributed by atoms with Crippen LogP contribution < -0.4 is 4.74 Å². The Kier molecular flexibility index (Phi) is 8.26. The minimum absolute atomic E-state index is 0.0899. The summed E-state index contributed by atoms with van der Waals surface area (Å²) in [5.41, 5.74) is 3.24. The topological polar surface area (TPSA) is 66.8 Å². The third-order valence-corrected chi connectivity index (χ3v) is 6.23. The van der Waals surface area contributed by atoms with Gasteiger partial charge in [-0.2, -0.15) is 0 Å². The molecule has 0 aliphatic carbocycles. The molecule has 0 atom stereocenters. The van der Waals surface area contributed by atoms with Gasteiger partial charge in [0.1, 0.15) is 16.7 Å². The Morgan fingerprint density at radius 2 is 1.81 bits per heavy atom. The molecule has 5 nitrogen and oxygen atoms in total. The highest BCUT2D eigenvalue weighted by Gasteiger charge is 2.31. The molecule has 0 bridgehead atoms. The van der Waals surface area contributed by atoms with Crippen molar-refractivity contribution in [1.29, 1.82) is 0 Å². The van der Waals surface area contributed by atoms with E-state index >= 15 is 0 Å². The zero-order chi connectivity index (χ0) is 22.2. The maximum Gasteiger partial charge on any atom is 0.303 e. The van der Waals surface area contributed by atoms with Gasteiger partial charge in [-0.1, -0.05) is 72.4 Å². The molecule has 2 aromatic rings. The number of ether oxygens (including phenoxy) is 1. The SMILES string of the molecule is Cc1ccc(COc2ccc(/C=C3/SC(=S)N(CCCCCC(=O)O)C3=O)cc2)cc1. The van der Waals surface area contributed by atoms with E-state index in [4.69, 9.17) is 22.1 Å². The Labute approximate surface area is 192 Å². The highest BCUT2D eigenvalue weighted by Crippen LogP contribution is 2.33. The van der Waals surface area contributed by atoms with E-state index in [1.54, 1.807) is 4.90 Å². The number of hydrogen-bond donors (Lipinski definition) is 1. The summed E-state index contributed by atoms with van der Waals surface area (Å²) < 4.78 is 6.38. The van der Waals surface area contributed by atoms with E-state index in [1.165, 1.54) is 17.3 Å². The number of aryl methyl sites for hydroxylation is 1. The van der Waals surface area contributed by atoms with Crippen molar-refractivity contribution < 1.29 is 19.4 Å². The average Bonchev–Trinajstić information content (AvgIpc) is 3.01. The van der Waals surface area contributed by atoms with E-state index in [1.807, 2.05) is 30.3 Å². The molecule has 7 heteroatoms. The third kappa shape index (κ3) is 6.94. The van der Waals surface area contributed by atoms with Gasteiger partial charge in [-0.05, 0) is 49.1 Å². The van der Waals surface area contributed by atoms with Crippen LogP contribution in [-0.4, -0.2) is 32.7 Å². The van der Waals surface area contributed by atoms with Gasteiger partial charge < -0.3 is 9.84 Å². The van der Waals surface area contributed by atoms with E-state index in [-0.39, 0.29) is 12.3 Å². The third-order valence-electron chi connectivity index (χ3n) is 4.85. The number of carbonyl (C=O) groups is 2. The van der Waals surface area contributed by atoms with Crippen molar-refractivity contribution in [3.05, 3.63) is 70.1 Å². The second-order valence-corrected chi connectivity index (χ2v) is 9.06. The van der Waals surface area contributed by atoms with Crippen LogP contribution in [0.3, 0.4) is 0 Å². The quantitative estimate of drug-likeness (QED) is 0.293. The number of carboxylic acid groups (broad SMARTS) is 1. The number of hydrogen-bond acceptors (Lipinski definition) is 5. The van der Waals surface area contributed by atoms with Gasteiger partial charge in [-0.25, -0.2) is 0 Å². The number of carboxylic acids is 1. The number of unbranched alkanes of at least 4 members (excludes halogenated alkanes) is 2. The molecule has 1 aliphatic heterocycles. The first-order valence-electron chi connectivity index (χ1n) is 10.2. The van der Waals surface area contributed by atoms with Crippen molar-refractivity contribution in [2.45, 2.75) is 39.2 Å². The van der Waals surface area contributed by atoms with Gasteiger partial charge in [-0.3, -0.25) is 14.5 Å². The largest absolute Gasteiger partial charge is 0.489 e. The highest BCUT2D eigenvalue weighted by molar-refractivity contribution is 8.26. The van der Waals surface area contributed by atoms with Crippen molar-refractivity contribution in [3.63, 3.8) is 0 Å². The van der Waals surface area contributed by atoms with E-state index in [9.17, 15) is 9.59 Å². The standard InChI is InChI=1S/C24H25NO4S2/c1-17-6-8-19(9-7-17)16-29-20-12-10-18(11-13-20)15-21-23(28)25(24(30)31-21)14-4-2-3-5-22(26)27/h6-13,15H,2-5,14,16H2,1H3,(H,26,27)/b21-15+. The molecule has 162 valence electrons. The Bertz CT molecular complexity index is 968. The lowest BCUT2D eigenvalue weighted by molar-refractivity contribution is -0.137. The number of amides is 1. The van der Waals surface area contributed by atoms with Crippen molar-refractivity contribution in [1.82, 2.24) is 4.90 Å². The fraction of sp³-hybridized carbons (Fsp3) is 0.292. The molecule has 3 rings (SSSR count). The molecule has 0 spiro atoms. The minimum Gasteiger partial charge on any atom is -0.489 e. The van der Waals surface area contributed by atoms with Crippen LogP contribution in [0.15, 0.2) is 53.4 Å². The monoisotopic (exact) mass is 455 g/mol. The predicted molar refractivity (Wildman–Crippen MR) is 128 cm³/mol. The summed E-state index contributed by atoms with van der Waals surface area (Å²) in [7, 11) is 0. The molecule has 1 amide bonds. The Balaban J connectivity index is 1.52. The van der Waals surface area contributed by atoms with Crippen molar-refractivity contribution in [2.24, 2.45) is 0 Å². The first kappa shape index (κ1) is 23.0. The molecule has 0 radical (unpaired) electrons. The molecule has 0 aromatic heterocycles. The number of nitrogens with zero attached hydrogens (tertiary/aromatic N) is 1. The molecule has 1 fully saturated rings. The molecule has 0 saturated carbocycles. The fourth-order valence-electron chi connectivity index (χ4n) is 3.08. The number of aliphatic carboxylic acids is 1. The maximum absolute atomic E-state index is 12.7. The molecule has 0 unspecified atom stereocenters. The van der Waals surface area contributed by atoms with Crippen molar-refractivity contribution >= 4 is 46.3 Å². The molecule has 1 aliphatic rings. The molecule has 2 aromatic carbocycles. The first-order valence-corrected chi connectivity index (χ1v) is 11.4. The average molecular weight is 456 g/mol. The number of carbonyl (C=O) groups excluding carboxylic acids is 1. The summed E-state index contributed by atoms with van der Waals surface area (Å²) >= 11 is 6.65.